The van der Waals surface area contributed by atoms with Gasteiger partial charge in [0.2, 0.25) is 0 Å². The van der Waals surface area contributed by atoms with E-state index >= 15 is 0 Å². The zero-order valence-electron chi connectivity index (χ0n) is 10.2. The number of hydrazone groups is 2. The average Bonchev–Trinajstić information content (AvgIpc) is 2.39. The summed E-state index contributed by atoms with van der Waals surface area (Å²) in [6, 6.07) is 0. The minimum absolute atomic E-state index is 0.131. The van der Waals surface area contributed by atoms with E-state index < -0.39 is 24.9 Å². The van der Waals surface area contributed by atoms with E-state index in [-0.39, 0.29) is 15.9 Å². The molecule has 0 amide bonds. The molecule has 0 bridgehead atoms. The fraction of sp³-hybridized carbons (Fsp3) is 0.500. The van der Waals surface area contributed by atoms with Gasteiger partial charge in [-0.05, 0) is 24.4 Å². The molecule has 0 unspecified atom stereocenters. The Labute approximate surface area is 125 Å². The second-order valence-corrected chi connectivity index (χ2v) is 4.31. The molecule has 0 aliphatic heterocycles. The van der Waals surface area contributed by atoms with Gasteiger partial charge in [-0.2, -0.15) is 10.2 Å². The maximum atomic E-state index is 9.80. The Morgan fingerprint density at radius 2 is 1.70 bits per heavy atom. The molecular weight excluding hydrogens is 308 g/mol. The second-order valence-electron chi connectivity index (χ2n) is 3.43. The summed E-state index contributed by atoms with van der Waals surface area (Å²) in [4.78, 5) is 0. The molecule has 0 rings (SSSR count). The number of thiocarbonyl (C=S) groups is 2. The highest BCUT2D eigenvalue weighted by Crippen LogP contribution is 2.01. The third kappa shape index (κ3) is 7.22. The Bertz CT molecular complexity index is 404. The summed E-state index contributed by atoms with van der Waals surface area (Å²) in [5.74, 6) is 0. The molecule has 10 N–H and O–H groups in total. The maximum absolute atomic E-state index is 9.80. The van der Waals surface area contributed by atoms with Crippen LogP contribution in [0.5, 0.6) is 0 Å². The molecule has 20 heavy (non-hydrogen) atoms. The van der Waals surface area contributed by atoms with Crippen LogP contribution in [-0.2, 0) is 0 Å². The summed E-state index contributed by atoms with van der Waals surface area (Å²) in [6.45, 7) is -0.753. The van der Waals surface area contributed by atoms with Crippen LogP contribution >= 0.6 is 24.4 Å². The zero-order valence-corrected chi connectivity index (χ0v) is 11.8. The van der Waals surface area contributed by atoms with Crippen molar-refractivity contribution in [2.75, 3.05) is 6.61 Å². The standard InChI is InChI=1S/C8H16N6O4S2/c9-7(19)13-11-1-3(12-14-8(10)20)5(17)6(18)4(16)2-15/h1,4-6,15-18H,2H2,(H3,9,13,19)(H3,10,14,20)/b11-1+,12-3-/t4-,5-,6-/m0/s1. The van der Waals surface area contributed by atoms with Gasteiger partial charge in [-0.25, -0.2) is 0 Å². The predicted molar refractivity (Wildman–Crippen MR) is 80.9 cm³/mol. The first-order chi connectivity index (χ1) is 9.29. The molecule has 0 aromatic carbocycles. The van der Waals surface area contributed by atoms with Crippen LogP contribution < -0.4 is 22.3 Å². The van der Waals surface area contributed by atoms with Gasteiger partial charge < -0.3 is 31.9 Å². The first kappa shape index (κ1) is 18.6. The SMILES string of the molecule is NC(=S)N/N=C(/C=N/NC(N)=S)[C@H](O)[C@@H](O)[C@@H](O)CO. The van der Waals surface area contributed by atoms with Crippen molar-refractivity contribution < 1.29 is 20.4 Å². The summed E-state index contributed by atoms with van der Waals surface area (Å²) in [6.07, 6.45) is -3.97. The maximum Gasteiger partial charge on any atom is 0.184 e. The first-order valence-electron chi connectivity index (χ1n) is 5.16. The molecule has 0 aromatic heterocycles. The summed E-state index contributed by atoms with van der Waals surface area (Å²) >= 11 is 9.02. The molecule has 0 heterocycles. The molecule has 0 aliphatic carbocycles. The van der Waals surface area contributed by atoms with Crippen molar-refractivity contribution in [2.24, 2.45) is 21.7 Å². The highest BCUT2D eigenvalue weighted by atomic mass is 32.1. The van der Waals surface area contributed by atoms with E-state index in [1.807, 2.05) is 0 Å². The average molecular weight is 324 g/mol. The van der Waals surface area contributed by atoms with E-state index in [1.165, 1.54) is 0 Å². The van der Waals surface area contributed by atoms with Crippen LogP contribution in [0.25, 0.3) is 0 Å². The van der Waals surface area contributed by atoms with Crippen LogP contribution in [0.1, 0.15) is 0 Å². The molecule has 12 heteroatoms. The van der Waals surface area contributed by atoms with E-state index in [9.17, 15) is 15.3 Å². The third-order valence-corrected chi connectivity index (χ3v) is 2.06. The minimum atomic E-state index is -1.71. The molecule has 114 valence electrons. The van der Waals surface area contributed by atoms with Crippen molar-refractivity contribution in [1.82, 2.24) is 10.9 Å². The van der Waals surface area contributed by atoms with E-state index in [1.54, 1.807) is 0 Å². The zero-order chi connectivity index (χ0) is 15.7. The Hall–Kier alpha value is -1.44. The molecule has 0 aliphatic rings. The molecule has 0 saturated heterocycles. The fourth-order valence-electron chi connectivity index (χ4n) is 0.946. The van der Waals surface area contributed by atoms with Crippen molar-refractivity contribution in [3.63, 3.8) is 0 Å². The fourth-order valence-corrected chi connectivity index (χ4v) is 1.04. The lowest BCUT2D eigenvalue weighted by atomic mass is 10.0. The van der Waals surface area contributed by atoms with E-state index in [4.69, 9.17) is 16.6 Å². The molecular formula is C8H16N6O4S2. The Morgan fingerprint density at radius 1 is 1.15 bits per heavy atom. The number of aliphatic hydroxyl groups is 4. The normalized spacial score (nSPS) is 16.5. The van der Waals surface area contributed by atoms with E-state index in [2.05, 4.69) is 45.5 Å². The van der Waals surface area contributed by atoms with E-state index in [0.717, 1.165) is 6.21 Å². The number of aliphatic hydroxyl groups excluding tert-OH is 4. The molecule has 0 spiro atoms. The van der Waals surface area contributed by atoms with Crippen molar-refractivity contribution >= 4 is 46.6 Å². The van der Waals surface area contributed by atoms with Gasteiger partial charge in [0, 0.05) is 0 Å². The summed E-state index contributed by atoms with van der Waals surface area (Å²) < 4.78 is 0. The summed E-state index contributed by atoms with van der Waals surface area (Å²) in [5, 5.41) is 44.1. The molecule has 10 nitrogen and oxygen atoms in total. The van der Waals surface area contributed by atoms with E-state index in [0.29, 0.717) is 0 Å². The lowest BCUT2D eigenvalue weighted by molar-refractivity contribution is -0.0549. The third-order valence-electron chi connectivity index (χ3n) is 1.87. The molecule has 3 atom stereocenters. The number of hydrogen-bond acceptors (Lipinski definition) is 8. The van der Waals surface area contributed by atoms with Crippen LogP contribution in [0.15, 0.2) is 10.2 Å². The molecule has 0 aromatic rings. The number of hydrogen-bond donors (Lipinski definition) is 8. The lowest BCUT2D eigenvalue weighted by Crippen LogP contribution is -2.45. The Kier molecular flexibility index (Phi) is 8.78. The van der Waals surface area contributed by atoms with Gasteiger partial charge in [-0.15, -0.1) is 0 Å². The molecule has 0 fully saturated rings. The lowest BCUT2D eigenvalue weighted by Gasteiger charge is -2.21. The van der Waals surface area contributed by atoms with Crippen LogP contribution in [0.4, 0.5) is 0 Å². The van der Waals surface area contributed by atoms with Gasteiger partial charge in [0.15, 0.2) is 10.2 Å². The first-order valence-corrected chi connectivity index (χ1v) is 5.97. The minimum Gasteiger partial charge on any atom is -0.394 e. The number of nitrogens with two attached hydrogens (primary N) is 2. The van der Waals surface area contributed by atoms with Crippen LogP contribution in [0, 0.1) is 0 Å². The Morgan fingerprint density at radius 3 is 2.15 bits per heavy atom. The number of nitrogens with one attached hydrogen (secondary N) is 2. The topological polar surface area (TPSA) is 182 Å². The van der Waals surface area contributed by atoms with Gasteiger partial charge in [0.05, 0.1) is 12.8 Å². The summed E-state index contributed by atoms with van der Waals surface area (Å²) in [5.41, 5.74) is 14.4. The number of nitrogens with zero attached hydrogens (tertiary/aromatic N) is 2. The molecule has 0 radical (unpaired) electrons. The van der Waals surface area contributed by atoms with Gasteiger partial charge in [0.25, 0.3) is 0 Å². The van der Waals surface area contributed by atoms with Crippen molar-refractivity contribution in [3.8, 4) is 0 Å². The monoisotopic (exact) mass is 324 g/mol. The van der Waals surface area contributed by atoms with Gasteiger partial charge in [0.1, 0.15) is 24.0 Å². The highest BCUT2D eigenvalue weighted by Gasteiger charge is 2.27. The highest BCUT2D eigenvalue weighted by molar-refractivity contribution is 7.80. The second kappa shape index (κ2) is 9.46. The van der Waals surface area contributed by atoms with Crippen LogP contribution in [-0.4, -0.2) is 67.5 Å². The number of rotatable bonds is 7. The van der Waals surface area contributed by atoms with Crippen molar-refractivity contribution in [2.45, 2.75) is 18.3 Å². The Balaban J connectivity index is 5.00. The van der Waals surface area contributed by atoms with Gasteiger partial charge in [-0.1, -0.05) is 0 Å². The summed E-state index contributed by atoms with van der Waals surface area (Å²) in [7, 11) is 0. The quantitative estimate of drug-likeness (QED) is 0.131. The smallest absolute Gasteiger partial charge is 0.184 e. The van der Waals surface area contributed by atoms with Crippen LogP contribution in [0.2, 0.25) is 0 Å². The predicted octanol–water partition coefficient (Wildman–Crippen LogP) is -3.93. The van der Waals surface area contributed by atoms with Crippen LogP contribution in [0.3, 0.4) is 0 Å². The van der Waals surface area contributed by atoms with Gasteiger partial charge >= 0.3 is 0 Å². The van der Waals surface area contributed by atoms with Gasteiger partial charge in [-0.3, -0.25) is 10.9 Å². The molecule has 0 saturated carbocycles. The van der Waals surface area contributed by atoms with Crippen molar-refractivity contribution in [1.29, 1.82) is 0 Å². The van der Waals surface area contributed by atoms with Crippen molar-refractivity contribution in [3.05, 3.63) is 0 Å². The largest absolute Gasteiger partial charge is 0.394 e.